The van der Waals surface area contributed by atoms with Crippen molar-refractivity contribution < 1.29 is 9.53 Å². The zero-order valence-electron chi connectivity index (χ0n) is 12.3. The molecule has 4 rings (SSSR count). The molecule has 112 valence electrons. The predicted molar refractivity (Wildman–Crippen MR) is 79.5 cm³/mol. The fourth-order valence-electron chi connectivity index (χ4n) is 3.54. The van der Waals surface area contributed by atoms with E-state index < -0.39 is 0 Å². The van der Waals surface area contributed by atoms with E-state index >= 15 is 0 Å². The van der Waals surface area contributed by atoms with Gasteiger partial charge >= 0.3 is 0 Å². The Balaban J connectivity index is 1.51. The summed E-state index contributed by atoms with van der Waals surface area (Å²) in [6.45, 7) is 2.57. The lowest BCUT2D eigenvalue weighted by molar-refractivity contribution is -0.131. The molecule has 2 saturated heterocycles. The van der Waals surface area contributed by atoms with Crippen LogP contribution in [0.1, 0.15) is 37.4 Å². The van der Waals surface area contributed by atoms with E-state index in [0.717, 1.165) is 45.4 Å². The minimum Gasteiger partial charge on any atom is -0.381 e. The van der Waals surface area contributed by atoms with Crippen LogP contribution in [0.4, 0.5) is 0 Å². The second-order valence-electron chi connectivity index (χ2n) is 6.56. The van der Waals surface area contributed by atoms with Crippen molar-refractivity contribution in [3.05, 3.63) is 35.9 Å². The fourth-order valence-corrected chi connectivity index (χ4v) is 3.54. The molecule has 1 saturated carbocycles. The molecule has 3 fully saturated rings. The Hall–Kier alpha value is -1.39. The lowest BCUT2D eigenvalue weighted by Crippen LogP contribution is -2.33. The van der Waals surface area contributed by atoms with E-state index in [1.54, 1.807) is 0 Å². The monoisotopic (exact) mass is 286 g/mol. The highest BCUT2D eigenvalue weighted by atomic mass is 16.5. The number of carbonyl (C=O) groups is 1. The lowest BCUT2D eigenvalue weighted by atomic mass is 10.0. The van der Waals surface area contributed by atoms with Crippen molar-refractivity contribution in [2.75, 3.05) is 19.8 Å². The van der Waals surface area contributed by atoms with Crippen molar-refractivity contribution in [2.45, 2.75) is 37.4 Å². The molecule has 1 aromatic carbocycles. The van der Waals surface area contributed by atoms with Gasteiger partial charge in [-0.15, -0.1) is 0 Å². The maximum absolute atomic E-state index is 12.7. The Morgan fingerprint density at radius 3 is 2.76 bits per heavy atom. The van der Waals surface area contributed by atoms with Gasteiger partial charge in [-0.2, -0.15) is 0 Å². The molecular formula is C17H22N2O2. The number of benzene rings is 1. The van der Waals surface area contributed by atoms with Crippen LogP contribution >= 0.6 is 0 Å². The molecule has 0 radical (unpaired) electrons. The minimum absolute atomic E-state index is 0.0449. The van der Waals surface area contributed by atoms with Gasteiger partial charge in [0.1, 0.15) is 11.7 Å². The highest BCUT2D eigenvalue weighted by Crippen LogP contribution is 2.46. The maximum Gasteiger partial charge on any atom is 0.244 e. The SMILES string of the molecule is O=C1N(CCC2CCOC2)C(c2ccccc2)NC12CC2. The van der Waals surface area contributed by atoms with Gasteiger partial charge in [0.25, 0.3) is 0 Å². The zero-order chi connectivity index (χ0) is 14.3. The van der Waals surface area contributed by atoms with Gasteiger partial charge in [-0.1, -0.05) is 30.3 Å². The summed E-state index contributed by atoms with van der Waals surface area (Å²) in [5, 5.41) is 3.58. The maximum atomic E-state index is 12.7. The average molecular weight is 286 g/mol. The van der Waals surface area contributed by atoms with Gasteiger partial charge in [0, 0.05) is 19.8 Å². The standard InChI is InChI=1S/C17H22N2O2/c20-16-17(8-9-17)18-15(14-4-2-1-3-5-14)19(16)10-6-13-7-11-21-12-13/h1-5,13,15,18H,6-12H2. The van der Waals surface area contributed by atoms with Crippen molar-refractivity contribution in [2.24, 2.45) is 5.92 Å². The van der Waals surface area contributed by atoms with Crippen LogP contribution in [0.2, 0.25) is 0 Å². The number of carbonyl (C=O) groups excluding carboxylic acids is 1. The third-order valence-electron chi connectivity index (χ3n) is 5.06. The van der Waals surface area contributed by atoms with Crippen LogP contribution in [0.5, 0.6) is 0 Å². The Morgan fingerprint density at radius 2 is 2.10 bits per heavy atom. The Bertz CT molecular complexity index is 521. The molecule has 2 heterocycles. The summed E-state index contributed by atoms with van der Waals surface area (Å²) in [4.78, 5) is 14.8. The second-order valence-corrected chi connectivity index (χ2v) is 6.56. The van der Waals surface area contributed by atoms with Gasteiger partial charge in [0.15, 0.2) is 0 Å². The van der Waals surface area contributed by atoms with Crippen LogP contribution in [0.25, 0.3) is 0 Å². The van der Waals surface area contributed by atoms with E-state index in [2.05, 4.69) is 22.3 Å². The molecule has 2 unspecified atom stereocenters. The number of hydrogen-bond donors (Lipinski definition) is 1. The number of hydrogen-bond acceptors (Lipinski definition) is 3. The molecule has 1 amide bonds. The van der Waals surface area contributed by atoms with Crippen LogP contribution in [0.15, 0.2) is 30.3 Å². The first-order chi connectivity index (χ1) is 10.3. The van der Waals surface area contributed by atoms with Crippen molar-refractivity contribution in [1.82, 2.24) is 10.2 Å². The third kappa shape index (κ3) is 2.36. The Morgan fingerprint density at radius 1 is 1.29 bits per heavy atom. The first kappa shape index (κ1) is 13.3. The molecule has 3 aliphatic rings. The molecule has 1 aliphatic carbocycles. The van der Waals surface area contributed by atoms with Gasteiger partial charge < -0.3 is 9.64 Å². The molecule has 2 atom stereocenters. The molecular weight excluding hydrogens is 264 g/mol. The summed E-state index contributed by atoms with van der Waals surface area (Å²) in [6, 6.07) is 10.3. The summed E-state index contributed by atoms with van der Waals surface area (Å²) in [6.07, 6.45) is 4.20. The predicted octanol–water partition coefficient (Wildman–Crippen LogP) is 2.08. The topological polar surface area (TPSA) is 41.6 Å². The second kappa shape index (κ2) is 5.11. The van der Waals surface area contributed by atoms with E-state index in [1.165, 1.54) is 5.56 Å². The number of nitrogens with zero attached hydrogens (tertiary/aromatic N) is 1. The highest BCUT2D eigenvalue weighted by Gasteiger charge is 2.59. The number of ether oxygens (including phenoxy) is 1. The normalized spacial score (nSPS) is 30.3. The van der Waals surface area contributed by atoms with Crippen LogP contribution in [0, 0.1) is 5.92 Å². The van der Waals surface area contributed by atoms with Crippen LogP contribution in [-0.4, -0.2) is 36.1 Å². The lowest BCUT2D eigenvalue weighted by Gasteiger charge is -2.25. The summed E-state index contributed by atoms with van der Waals surface area (Å²) in [5.41, 5.74) is 0.949. The third-order valence-corrected chi connectivity index (χ3v) is 5.06. The van der Waals surface area contributed by atoms with Crippen LogP contribution in [-0.2, 0) is 9.53 Å². The van der Waals surface area contributed by atoms with E-state index in [-0.39, 0.29) is 11.7 Å². The smallest absolute Gasteiger partial charge is 0.244 e. The Labute approximate surface area is 125 Å². The van der Waals surface area contributed by atoms with Gasteiger partial charge in [-0.3, -0.25) is 10.1 Å². The first-order valence-electron chi connectivity index (χ1n) is 8.00. The molecule has 0 bridgehead atoms. The summed E-state index contributed by atoms with van der Waals surface area (Å²) in [5.74, 6) is 0.917. The van der Waals surface area contributed by atoms with Gasteiger partial charge in [0.2, 0.25) is 5.91 Å². The van der Waals surface area contributed by atoms with Crippen molar-refractivity contribution in [3.8, 4) is 0 Å². The molecule has 4 nitrogen and oxygen atoms in total. The number of amides is 1. The molecule has 1 N–H and O–H groups in total. The zero-order valence-corrected chi connectivity index (χ0v) is 12.3. The molecule has 1 spiro atoms. The molecule has 2 aliphatic heterocycles. The molecule has 21 heavy (non-hydrogen) atoms. The van der Waals surface area contributed by atoms with E-state index in [4.69, 9.17) is 4.74 Å². The summed E-state index contributed by atoms with van der Waals surface area (Å²) in [7, 11) is 0. The molecule has 4 heteroatoms. The highest BCUT2D eigenvalue weighted by molar-refractivity contribution is 5.92. The number of nitrogens with one attached hydrogen (secondary N) is 1. The fraction of sp³-hybridized carbons (Fsp3) is 0.588. The summed E-state index contributed by atoms with van der Waals surface area (Å²) >= 11 is 0. The van der Waals surface area contributed by atoms with Crippen molar-refractivity contribution >= 4 is 5.91 Å². The van der Waals surface area contributed by atoms with E-state index in [9.17, 15) is 4.79 Å². The van der Waals surface area contributed by atoms with Crippen LogP contribution in [0.3, 0.4) is 0 Å². The molecule has 1 aromatic rings. The van der Waals surface area contributed by atoms with Crippen molar-refractivity contribution in [1.29, 1.82) is 0 Å². The van der Waals surface area contributed by atoms with Gasteiger partial charge in [-0.25, -0.2) is 0 Å². The largest absolute Gasteiger partial charge is 0.381 e. The van der Waals surface area contributed by atoms with Crippen LogP contribution < -0.4 is 5.32 Å². The molecule has 0 aromatic heterocycles. The minimum atomic E-state index is -0.243. The summed E-state index contributed by atoms with van der Waals surface area (Å²) < 4.78 is 5.44. The number of rotatable bonds is 4. The van der Waals surface area contributed by atoms with E-state index in [1.807, 2.05) is 18.2 Å². The average Bonchev–Trinajstić information content (AvgIpc) is 3.01. The first-order valence-corrected chi connectivity index (χ1v) is 8.00. The quantitative estimate of drug-likeness (QED) is 0.921. The van der Waals surface area contributed by atoms with Crippen molar-refractivity contribution in [3.63, 3.8) is 0 Å². The van der Waals surface area contributed by atoms with E-state index in [0.29, 0.717) is 11.8 Å². The van der Waals surface area contributed by atoms with Gasteiger partial charge in [0.05, 0.1) is 0 Å². The Kier molecular flexibility index (Phi) is 3.23. The van der Waals surface area contributed by atoms with Gasteiger partial charge in [-0.05, 0) is 37.2 Å².